The maximum Gasteiger partial charge on any atom is 0.326 e. The van der Waals surface area contributed by atoms with Crippen LogP contribution in [0.25, 0.3) is 0 Å². The smallest absolute Gasteiger partial charge is 0.326 e. The zero-order chi connectivity index (χ0) is 20.9. The molecular weight excluding hydrogens is 356 g/mol. The molecule has 12 nitrogen and oxygen atoms in total. The number of carbonyl (C=O) groups is 6. The maximum absolute atomic E-state index is 10.5. The van der Waals surface area contributed by atoms with E-state index in [4.69, 9.17) is 20.4 Å². The summed E-state index contributed by atoms with van der Waals surface area (Å²) < 4.78 is 0. The van der Waals surface area contributed by atoms with Crippen molar-refractivity contribution in [3.63, 3.8) is 0 Å². The highest BCUT2D eigenvalue weighted by atomic mass is 16.4. The summed E-state index contributed by atoms with van der Waals surface area (Å²) in [5.41, 5.74) is 0. The predicted octanol–water partition coefficient (Wildman–Crippen LogP) is -1.12. The largest absolute Gasteiger partial charge is 0.481 e. The average Bonchev–Trinajstić information content (AvgIpc) is 2.46. The Kier molecular flexibility index (Phi) is 12.7. The molecular formula is C14H22N2O10. The Balaban J connectivity index is 0. The highest BCUT2D eigenvalue weighted by molar-refractivity contribution is 5.83. The minimum atomic E-state index is -1.23. The second-order valence-corrected chi connectivity index (χ2v) is 5.05. The van der Waals surface area contributed by atoms with Crippen molar-refractivity contribution in [1.29, 1.82) is 0 Å². The molecule has 148 valence electrons. The molecule has 0 aliphatic rings. The van der Waals surface area contributed by atoms with Gasteiger partial charge in [-0.2, -0.15) is 0 Å². The van der Waals surface area contributed by atoms with E-state index in [0.29, 0.717) is 0 Å². The van der Waals surface area contributed by atoms with Crippen LogP contribution in [0.3, 0.4) is 0 Å². The van der Waals surface area contributed by atoms with Gasteiger partial charge in [0.25, 0.3) is 0 Å². The van der Waals surface area contributed by atoms with Crippen LogP contribution in [0.15, 0.2) is 0 Å². The lowest BCUT2D eigenvalue weighted by atomic mass is 10.1. The van der Waals surface area contributed by atoms with Gasteiger partial charge in [-0.1, -0.05) is 0 Å². The van der Waals surface area contributed by atoms with E-state index in [1.165, 1.54) is 13.8 Å². The van der Waals surface area contributed by atoms with Crippen LogP contribution >= 0.6 is 0 Å². The summed E-state index contributed by atoms with van der Waals surface area (Å²) in [6.45, 7) is 2.35. The first-order valence-electron chi connectivity index (χ1n) is 7.30. The van der Waals surface area contributed by atoms with Crippen molar-refractivity contribution in [2.75, 3.05) is 0 Å². The van der Waals surface area contributed by atoms with E-state index in [2.05, 4.69) is 10.6 Å². The van der Waals surface area contributed by atoms with Gasteiger partial charge in [0, 0.05) is 26.7 Å². The first-order valence-corrected chi connectivity index (χ1v) is 7.30. The Labute approximate surface area is 148 Å². The summed E-state index contributed by atoms with van der Waals surface area (Å²) >= 11 is 0. The highest BCUT2D eigenvalue weighted by Crippen LogP contribution is 1.98. The third kappa shape index (κ3) is 15.7. The third-order valence-electron chi connectivity index (χ3n) is 2.64. The molecule has 2 atom stereocenters. The predicted molar refractivity (Wildman–Crippen MR) is 84.2 cm³/mol. The van der Waals surface area contributed by atoms with Crippen molar-refractivity contribution in [3.8, 4) is 0 Å². The molecule has 0 aliphatic heterocycles. The molecule has 0 aromatic carbocycles. The fourth-order valence-electron chi connectivity index (χ4n) is 1.54. The van der Waals surface area contributed by atoms with Crippen LogP contribution in [0.1, 0.15) is 39.5 Å². The minimum Gasteiger partial charge on any atom is -0.481 e. The van der Waals surface area contributed by atoms with Crippen LogP contribution < -0.4 is 10.6 Å². The molecule has 0 fully saturated rings. The molecule has 0 heterocycles. The first kappa shape index (κ1) is 25.1. The molecule has 0 aliphatic carbocycles. The van der Waals surface area contributed by atoms with Gasteiger partial charge >= 0.3 is 23.9 Å². The third-order valence-corrected chi connectivity index (χ3v) is 2.64. The first-order chi connectivity index (χ1) is 11.9. The van der Waals surface area contributed by atoms with Gasteiger partial charge in [0.15, 0.2) is 0 Å². The zero-order valence-corrected chi connectivity index (χ0v) is 14.2. The summed E-state index contributed by atoms with van der Waals surface area (Å²) in [6, 6.07) is -2.23. The van der Waals surface area contributed by atoms with Crippen molar-refractivity contribution in [2.24, 2.45) is 0 Å². The molecule has 2 amide bonds. The van der Waals surface area contributed by atoms with Gasteiger partial charge in [0.05, 0.1) is 0 Å². The Morgan fingerprint density at radius 1 is 0.654 bits per heavy atom. The van der Waals surface area contributed by atoms with Gasteiger partial charge in [0.1, 0.15) is 12.1 Å². The molecule has 0 spiro atoms. The molecule has 0 unspecified atom stereocenters. The number of carboxylic acid groups (broad SMARTS) is 4. The van der Waals surface area contributed by atoms with Gasteiger partial charge in [-0.05, 0) is 12.8 Å². The molecule has 0 saturated carbocycles. The number of hydrogen-bond donors (Lipinski definition) is 6. The minimum absolute atomic E-state index is 0.107. The van der Waals surface area contributed by atoms with Gasteiger partial charge < -0.3 is 31.1 Å². The lowest BCUT2D eigenvalue weighted by molar-refractivity contribution is -0.143. The van der Waals surface area contributed by atoms with Gasteiger partial charge in [0.2, 0.25) is 11.8 Å². The standard InChI is InChI=1S/2C7H11NO5/c2*1-4(9)8-5(7(12)13)2-3-6(10)11/h2*5H,2-3H2,1H3,(H,8,9)(H,10,11)(H,12,13)/t2*5-/m00/s1. The van der Waals surface area contributed by atoms with E-state index in [1.54, 1.807) is 0 Å². The van der Waals surface area contributed by atoms with E-state index in [1.807, 2.05) is 0 Å². The maximum atomic E-state index is 10.5. The van der Waals surface area contributed by atoms with Crippen molar-refractivity contribution in [3.05, 3.63) is 0 Å². The Bertz CT molecular complexity index is 498. The fraction of sp³-hybridized carbons (Fsp3) is 0.571. The summed E-state index contributed by atoms with van der Waals surface area (Å²) in [4.78, 5) is 62.1. The Morgan fingerprint density at radius 3 is 1.08 bits per heavy atom. The van der Waals surface area contributed by atoms with Crippen LogP contribution in [-0.4, -0.2) is 68.2 Å². The lowest BCUT2D eigenvalue weighted by Crippen LogP contribution is -2.39. The normalized spacial score (nSPS) is 11.8. The number of amides is 2. The number of aliphatic carboxylic acids is 4. The zero-order valence-electron chi connectivity index (χ0n) is 14.2. The number of carbonyl (C=O) groups excluding carboxylic acids is 2. The Morgan fingerprint density at radius 2 is 0.923 bits per heavy atom. The number of hydrogen-bond acceptors (Lipinski definition) is 6. The van der Waals surface area contributed by atoms with Gasteiger partial charge in [-0.25, -0.2) is 9.59 Å². The SMILES string of the molecule is CC(=O)N[C@@H](CCC(=O)O)C(=O)O.CC(=O)N[C@@H](CCC(=O)O)C(=O)O. The van der Waals surface area contributed by atoms with E-state index in [0.717, 1.165) is 0 Å². The van der Waals surface area contributed by atoms with Crippen LogP contribution in [0, 0.1) is 0 Å². The molecule has 0 saturated heterocycles. The monoisotopic (exact) mass is 378 g/mol. The van der Waals surface area contributed by atoms with Gasteiger partial charge in [-0.3, -0.25) is 19.2 Å². The van der Waals surface area contributed by atoms with E-state index in [9.17, 15) is 28.8 Å². The van der Waals surface area contributed by atoms with Crippen LogP contribution in [0.5, 0.6) is 0 Å². The van der Waals surface area contributed by atoms with Gasteiger partial charge in [-0.15, -0.1) is 0 Å². The quantitative estimate of drug-likeness (QED) is 0.270. The molecule has 0 aromatic heterocycles. The molecule has 0 aromatic rings. The van der Waals surface area contributed by atoms with Crippen molar-refractivity contribution in [2.45, 2.75) is 51.6 Å². The number of nitrogens with one attached hydrogen (secondary N) is 2. The lowest BCUT2D eigenvalue weighted by Gasteiger charge is -2.10. The summed E-state index contributed by atoms with van der Waals surface area (Å²) in [7, 11) is 0. The molecule has 12 heteroatoms. The molecule has 26 heavy (non-hydrogen) atoms. The van der Waals surface area contributed by atoms with Crippen LogP contribution in [0.2, 0.25) is 0 Å². The van der Waals surface area contributed by atoms with Crippen LogP contribution in [0.4, 0.5) is 0 Å². The summed E-state index contributed by atoms with van der Waals surface area (Å²) in [5.74, 6) is -5.60. The fourth-order valence-corrected chi connectivity index (χ4v) is 1.54. The highest BCUT2D eigenvalue weighted by Gasteiger charge is 2.19. The number of rotatable bonds is 10. The molecule has 0 bridgehead atoms. The second-order valence-electron chi connectivity index (χ2n) is 5.05. The summed E-state index contributed by atoms with van der Waals surface area (Å²) in [6.07, 6.45) is -0.775. The van der Waals surface area contributed by atoms with Crippen LogP contribution in [-0.2, 0) is 28.8 Å². The van der Waals surface area contributed by atoms with Crippen molar-refractivity contribution >= 4 is 35.7 Å². The molecule has 0 rings (SSSR count). The number of carboxylic acids is 4. The van der Waals surface area contributed by atoms with E-state index >= 15 is 0 Å². The van der Waals surface area contributed by atoms with E-state index < -0.39 is 47.8 Å². The van der Waals surface area contributed by atoms with Crippen molar-refractivity contribution in [1.82, 2.24) is 10.6 Å². The second kappa shape index (κ2) is 13.1. The molecule has 6 N–H and O–H groups in total. The van der Waals surface area contributed by atoms with Crippen molar-refractivity contribution < 1.29 is 49.2 Å². The Hall–Kier alpha value is -3.18. The average molecular weight is 378 g/mol. The molecule has 0 radical (unpaired) electrons. The van der Waals surface area contributed by atoms with E-state index in [-0.39, 0.29) is 25.7 Å². The summed E-state index contributed by atoms with van der Waals surface area (Å²) in [5, 5.41) is 37.9. The topological polar surface area (TPSA) is 207 Å².